The van der Waals surface area contributed by atoms with Gasteiger partial charge in [0.15, 0.2) is 0 Å². The SMILES string of the molecule is CC(C)C[C@H](N[C@H](CC(C)C)C(=O)O)C(=O)N[C@@H](Cc1ccccc1)C(=O)NCc1ccccc1. The normalized spacial score (nSPS) is 13.8. The number of benzene rings is 2. The van der Waals surface area contributed by atoms with E-state index in [1.54, 1.807) is 0 Å². The highest BCUT2D eigenvalue weighted by Crippen LogP contribution is 2.12. The van der Waals surface area contributed by atoms with E-state index in [9.17, 15) is 19.5 Å². The van der Waals surface area contributed by atoms with E-state index in [0.717, 1.165) is 11.1 Å². The molecule has 0 aromatic heterocycles. The molecule has 35 heavy (non-hydrogen) atoms. The van der Waals surface area contributed by atoms with Crippen LogP contribution in [0.4, 0.5) is 0 Å². The average Bonchev–Trinajstić information content (AvgIpc) is 2.81. The lowest BCUT2D eigenvalue weighted by atomic mass is 9.98. The Balaban J connectivity index is 2.18. The van der Waals surface area contributed by atoms with Crippen molar-refractivity contribution in [1.29, 1.82) is 0 Å². The zero-order chi connectivity index (χ0) is 25.8. The highest BCUT2D eigenvalue weighted by atomic mass is 16.4. The van der Waals surface area contributed by atoms with E-state index >= 15 is 0 Å². The van der Waals surface area contributed by atoms with Crippen molar-refractivity contribution in [3.8, 4) is 0 Å². The van der Waals surface area contributed by atoms with Crippen molar-refractivity contribution in [2.24, 2.45) is 11.8 Å². The predicted molar refractivity (Wildman–Crippen MR) is 138 cm³/mol. The van der Waals surface area contributed by atoms with Gasteiger partial charge in [0, 0.05) is 13.0 Å². The summed E-state index contributed by atoms with van der Waals surface area (Å²) in [5.41, 5.74) is 1.88. The molecule has 4 N–H and O–H groups in total. The van der Waals surface area contributed by atoms with E-state index in [-0.39, 0.29) is 23.7 Å². The minimum atomic E-state index is -0.985. The van der Waals surface area contributed by atoms with Crippen LogP contribution in [0.1, 0.15) is 51.7 Å². The Kier molecular flexibility index (Phi) is 11.4. The van der Waals surface area contributed by atoms with Crippen LogP contribution in [0, 0.1) is 11.8 Å². The van der Waals surface area contributed by atoms with Gasteiger partial charge in [0.25, 0.3) is 0 Å². The number of hydrogen-bond acceptors (Lipinski definition) is 4. The second-order valence-electron chi connectivity index (χ2n) is 9.82. The van der Waals surface area contributed by atoms with Crippen molar-refractivity contribution in [3.63, 3.8) is 0 Å². The molecule has 190 valence electrons. The van der Waals surface area contributed by atoms with Crippen LogP contribution < -0.4 is 16.0 Å². The van der Waals surface area contributed by atoms with Gasteiger partial charge in [-0.25, -0.2) is 0 Å². The minimum Gasteiger partial charge on any atom is -0.480 e. The minimum absolute atomic E-state index is 0.154. The summed E-state index contributed by atoms with van der Waals surface area (Å²) in [5, 5.41) is 18.5. The van der Waals surface area contributed by atoms with Gasteiger partial charge in [-0.1, -0.05) is 88.4 Å². The molecular weight excluding hydrogens is 442 g/mol. The van der Waals surface area contributed by atoms with Crippen molar-refractivity contribution in [2.45, 2.75) is 71.6 Å². The molecule has 2 aromatic carbocycles. The highest BCUT2D eigenvalue weighted by Gasteiger charge is 2.30. The third-order valence-electron chi connectivity index (χ3n) is 5.66. The van der Waals surface area contributed by atoms with Crippen LogP contribution in [-0.2, 0) is 27.3 Å². The predicted octanol–water partition coefficient (Wildman–Crippen LogP) is 3.53. The quantitative estimate of drug-likeness (QED) is 0.330. The first kappa shape index (κ1) is 28.1. The lowest BCUT2D eigenvalue weighted by Gasteiger charge is -2.27. The second-order valence-corrected chi connectivity index (χ2v) is 9.82. The number of carbonyl (C=O) groups excluding carboxylic acids is 2. The third kappa shape index (κ3) is 10.3. The smallest absolute Gasteiger partial charge is 0.320 e. The molecule has 2 rings (SSSR count). The molecule has 0 bridgehead atoms. The standard InChI is InChI=1S/C28H39N3O4/c1-19(2)15-23(30-25(28(34)35)16-20(3)4)27(33)31-24(17-21-11-7-5-8-12-21)26(32)29-18-22-13-9-6-10-14-22/h5-14,19-20,23-25,30H,15-18H2,1-4H3,(H,29,32)(H,31,33)(H,34,35)/t23-,24-,25+/m0/s1. The highest BCUT2D eigenvalue weighted by molar-refractivity contribution is 5.90. The van der Waals surface area contributed by atoms with Crippen LogP contribution in [0.15, 0.2) is 60.7 Å². The van der Waals surface area contributed by atoms with Gasteiger partial charge in [-0.05, 0) is 35.8 Å². The summed E-state index contributed by atoms with van der Waals surface area (Å²) >= 11 is 0. The van der Waals surface area contributed by atoms with Crippen LogP contribution in [-0.4, -0.2) is 41.0 Å². The largest absolute Gasteiger partial charge is 0.480 e. The first-order chi connectivity index (χ1) is 16.7. The van der Waals surface area contributed by atoms with Crippen molar-refractivity contribution in [3.05, 3.63) is 71.8 Å². The molecule has 0 saturated carbocycles. The first-order valence-corrected chi connectivity index (χ1v) is 12.3. The maximum atomic E-state index is 13.4. The number of hydrogen-bond donors (Lipinski definition) is 4. The van der Waals surface area contributed by atoms with Gasteiger partial charge < -0.3 is 15.7 Å². The summed E-state index contributed by atoms with van der Waals surface area (Å²) in [5.74, 6) is -1.33. The van der Waals surface area contributed by atoms with Crippen molar-refractivity contribution in [2.75, 3.05) is 0 Å². The molecule has 2 aromatic rings. The summed E-state index contributed by atoms with van der Waals surface area (Å²) < 4.78 is 0. The Morgan fingerprint density at radius 1 is 0.714 bits per heavy atom. The molecule has 0 saturated heterocycles. The molecule has 7 heteroatoms. The second kappa shape index (κ2) is 14.3. The molecule has 0 aliphatic carbocycles. The third-order valence-corrected chi connectivity index (χ3v) is 5.66. The fourth-order valence-electron chi connectivity index (χ4n) is 3.92. The van der Waals surface area contributed by atoms with Gasteiger partial charge in [-0.3, -0.25) is 19.7 Å². The summed E-state index contributed by atoms with van der Waals surface area (Å²) in [6.07, 6.45) is 1.19. The van der Waals surface area contributed by atoms with E-state index in [1.807, 2.05) is 88.4 Å². The van der Waals surface area contributed by atoms with Gasteiger partial charge in [0.1, 0.15) is 12.1 Å². The number of carboxylic acids is 1. The molecular formula is C28H39N3O4. The van der Waals surface area contributed by atoms with E-state index < -0.39 is 24.1 Å². The molecule has 2 amide bonds. The van der Waals surface area contributed by atoms with Crippen LogP contribution in [0.3, 0.4) is 0 Å². The summed E-state index contributed by atoms with van der Waals surface area (Å²) in [4.78, 5) is 38.3. The summed E-state index contributed by atoms with van der Waals surface area (Å²) in [7, 11) is 0. The van der Waals surface area contributed by atoms with Crippen LogP contribution >= 0.6 is 0 Å². The Morgan fingerprint density at radius 3 is 1.74 bits per heavy atom. The van der Waals surface area contributed by atoms with Crippen LogP contribution in [0.2, 0.25) is 0 Å². The Labute approximate surface area is 208 Å². The molecule has 0 fully saturated rings. The van der Waals surface area contributed by atoms with Crippen molar-refractivity contribution in [1.82, 2.24) is 16.0 Å². The lowest BCUT2D eigenvalue weighted by molar-refractivity contribution is -0.140. The fourth-order valence-corrected chi connectivity index (χ4v) is 3.92. The van der Waals surface area contributed by atoms with Crippen LogP contribution in [0.5, 0.6) is 0 Å². The summed E-state index contributed by atoms with van der Waals surface area (Å²) in [6, 6.07) is 16.7. The topological polar surface area (TPSA) is 108 Å². The number of rotatable bonds is 14. The zero-order valence-corrected chi connectivity index (χ0v) is 21.2. The van der Waals surface area contributed by atoms with Gasteiger partial charge >= 0.3 is 5.97 Å². The number of amides is 2. The van der Waals surface area contributed by atoms with E-state index in [0.29, 0.717) is 25.8 Å². The number of nitrogens with one attached hydrogen (secondary N) is 3. The molecule has 0 radical (unpaired) electrons. The van der Waals surface area contributed by atoms with Gasteiger partial charge in [0.2, 0.25) is 11.8 Å². The monoisotopic (exact) mass is 481 g/mol. The Bertz CT molecular complexity index is 932. The lowest BCUT2D eigenvalue weighted by Crippen LogP contribution is -2.56. The number of aliphatic carboxylic acids is 1. The van der Waals surface area contributed by atoms with Crippen LogP contribution in [0.25, 0.3) is 0 Å². The Hall–Kier alpha value is -3.19. The fraction of sp³-hybridized carbons (Fsp3) is 0.464. The summed E-state index contributed by atoms with van der Waals surface area (Å²) in [6.45, 7) is 8.20. The number of carboxylic acid groups (broad SMARTS) is 1. The van der Waals surface area contributed by atoms with Crippen molar-refractivity contribution >= 4 is 17.8 Å². The maximum absolute atomic E-state index is 13.4. The Morgan fingerprint density at radius 2 is 1.23 bits per heavy atom. The number of carbonyl (C=O) groups is 3. The van der Waals surface area contributed by atoms with Gasteiger partial charge in [-0.2, -0.15) is 0 Å². The first-order valence-electron chi connectivity index (χ1n) is 12.3. The molecule has 0 unspecified atom stereocenters. The van der Waals surface area contributed by atoms with Gasteiger partial charge in [-0.15, -0.1) is 0 Å². The molecule has 0 aliphatic heterocycles. The molecule has 7 nitrogen and oxygen atoms in total. The van der Waals surface area contributed by atoms with Crippen molar-refractivity contribution < 1.29 is 19.5 Å². The van der Waals surface area contributed by atoms with E-state index in [1.165, 1.54) is 0 Å². The molecule has 0 heterocycles. The average molecular weight is 482 g/mol. The maximum Gasteiger partial charge on any atom is 0.320 e. The molecule has 3 atom stereocenters. The molecule has 0 spiro atoms. The zero-order valence-electron chi connectivity index (χ0n) is 21.2. The van der Waals surface area contributed by atoms with E-state index in [2.05, 4.69) is 16.0 Å². The molecule has 0 aliphatic rings. The van der Waals surface area contributed by atoms with Gasteiger partial charge in [0.05, 0.1) is 6.04 Å². The van der Waals surface area contributed by atoms with E-state index in [4.69, 9.17) is 0 Å².